The van der Waals surface area contributed by atoms with Crippen molar-refractivity contribution < 1.29 is 12.8 Å². The van der Waals surface area contributed by atoms with Crippen molar-refractivity contribution in [1.29, 1.82) is 0 Å². The average Bonchev–Trinajstić information content (AvgIpc) is 2.84. The van der Waals surface area contributed by atoms with E-state index in [-0.39, 0.29) is 17.1 Å². The molecule has 0 amide bonds. The molecule has 0 unspecified atom stereocenters. The lowest BCUT2D eigenvalue weighted by Gasteiger charge is -2.11. The SMILES string of the molecule is Cc1cc(N)c(S(=O)(=O)NCc2ccco2)cc1C. The Bertz CT molecular complexity index is 676. The van der Waals surface area contributed by atoms with Crippen LogP contribution in [0.2, 0.25) is 0 Å². The maximum atomic E-state index is 12.2. The van der Waals surface area contributed by atoms with Gasteiger partial charge in [0.05, 0.1) is 18.5 Å². The second kappa shape index (κ2) is 5.07. The van der Waals surface area contributed by atoms with E-state index in [1.54, 1.807) is 24.3 Å². The Labute approximate surface area is 112 Å². The molecule has 1 heterocycles. The number of nitrogens with two attached hydrogens (primary N) is 1. The number of anilines is 1. The van der Waals surface area contributed by atoms with Crippen LogP contribution in [-0.4, -0.2) is 8.42 Å². The molecule has 0 saturated carbocycles. The first-order chi connectivity index (χ1) is 8.90. The fourth-order valence-corrected chi connectivity index (χ4v) is 2.89. The van der Waals surface area contributed by atoms with Gasteiger partial charge in [0, 0.05) is 0 Å². The van der Waals surface area contributed by atoms with Gasteiger partial charge in [-0.25, -0.2) is 13.1 Å². The van der Waals surface area contributed by atoms with Crippen LogP contribution in [0.3, 0.4) is 0 Å². The molecule has 0 fully saturated rings. The maximum absolute atomic E-state index is 12.2. The van der Waals surface area contributed by atoms with Crippen LogP contribution >= 0.6 is 0 Å². The van der Waals surface area contributed by atoms with Crippen LogP contribution in [0.25, 0.3) is 0 Å². The van der Waals surface area contributed by atoms with Gasteiger partial charge in [-0.15, -0.1) is 0 Å². The molecule has 0 aliphatic rings. The summed E-state index contributed by atoms with van der Waals surface area (Å²) in [5, 5.41) is 0. The molecule has 0 bridgehead atoms. The molecular weight excluding hydrogens is 264 g/mol. The summed E-state index contributed by atoms with van der Waals surface area (Å²) in [6.07, 6.45) is 1.49. The molecule has 102 valence electrons. The Morgan fingerprint density at radius 2 is 1.95 bits per heavy atom. The van der Waals surface area contributed by atoms with Gasteiger partial charge in [0.25, 0.3) is 0 Å². The van der Waals surface area contributed by atoms with E-state index in [2.05, 4.69) is 4.72 Å². The molecule has 0 spiro atoms. The van der Waals surface area contributed by atoms with Crippen LogP contribution in [0.4, 0.5) is 5.69 Å². The lowest BCUT2D eigenvalue weighted by atomic mass is 10.1. The molecule has 2 rings (SSSR count). The van der Waals surface area contributed by atoms with Crippen molar-refractivity contribution in [2.75, 3.05) is 5.73 Å². The average molecular weight is 280 g/mol. The number of sulfonamides is 1. The van der Waals surface area contributed by atoms with E-state index in [4.69, 9.17) is 10.2 Å². The van der Waals surface area contributed by atoms with Crippen molar-refractivity contribution in [2.24, 2.45) is 0 Å². The number of hydrogen-bond donors (Lipinski definition) is 2. The van der Waals surface area contributed by atoms with Gasteiger partial charge in [0.2, 0.25) is 10.0 Å². The van der Waals surface area contributed by atoms with Gasteiger partial charge in [-0.2, -0.15) is 0 Å². The van der Waals surface area contributed by atoms with E-state index in [9.17, 15) is 8.42 Å². The molecule has 19 heavy (non-hydrogen) atoms. The monoisotopic (exact) mass is 280 g/mol. The predicted octanol–water partition coefficient (Wildman–Crippen LogP) is 1.96. The third kappa shape index (κ3) is 2.97. The summed E-state index contributed by atoms with van der Waals surface area (Å²) in [5.41, 5.74) is 7.87. The van der Waals surface area contributed by atoms with E-state index in [1.807, 2.05) is 13.8 Å². The second-order valence-corrected chi connectivity index (χ2v) is 6.11. The first-order valence-corrected chi connectivity index (χ1v) is 7.27. The molecule has 0 atom stereocenters. The van der Waals surface area contributed by atoms with Gasteiger partial charge in [-0.05, 0) is 49.2 Å². The third-order valence-electron chi connectivity index (χ3n) is 2.93. The third-order valence-corrected chi connectivity index (χ3v) is 4.39. The van der Waals surface area contributed by atoms with Crippen molar-refractivity contribution in [3.8, 4) is 0 Å². The van der Waals surface area contributed by atoms with E-state index in [0.717, 1.165) is 11.1 Å². The fourth-order valence-electron chi connectivity index (χ4n) is 1.70. The molecule has 0 saturated heterocycles. The minimum absolute atomic E-state index is 0.0989. The predicted molar refractivity (Wildman–Crippen MR) is 73.1 cm³/mol. The zero-order valence-corrected chi connectivity index (χ0v) is 11.6. The van der Waals surface area contributed by atoms with Crippen LogP contribution in [0.1, 0.15) is 16.9 Å². The summed E-state index contributed by atoms with van der Waals surface area (Å²) in [4.78, 5) is 0.0992. The zero-order valence-electron chi connectivity index (χ0n) is 10.8. The molecule has 5 nitrogen and oxygen atoms in total. The number of benzene rings is 1. The van der Waals surface area contributed by atoms with Gasteiger partial charge in [-0.3, -0.25) is 0 Å². The van der Waals surface area contributed by atoms with Gasteiger partial charge in [-0.1, -0.05) is 0 Å². The number of nitrogen functional groups attached to an aromatic ring is 1. The van der Waals surface area contributed by atoms with Crippen LogP contribution in [-0.2, 0) is 16.6 Å². The van der Waals surface area contributed by atoms with Gasteiger partial charge < -0.3 is 10.2 Å². The number of rotatable bonds is 4. The summed E-state index contributed by atoms with van der Waals surface area (Å²) in [7, 11) is -3.64. The Kier molecular flexibility index (Phi) is 3.64. The molecule has 0 radical (unpaired) electrons. The summed E-state index contributed by atoms with van der Waals surface area (Å²) in [6.45, 7) is 3.83. The Morgan fingerprint density at radius 3 is 2.58 bits per heavy atom. The lowest BCUT2D eigenvalue weighted by Crippen LogP contribution is -2.24. The molecule has 1 aromatic carbocycles. The number of hydrogen-bond acceptors (Lipinski definition) is 4. The van der Waals surface area contributed by atoms with Gasteiger partial charge in [0.1, 0.15) is 10.7 Å². The minimum atomic E-state index is -3.64. The van der Waals surface area contributed by atoms with Crippen LogP contribution in [0.5, 0.6) is 0 Å². The number of furan rings is 1. The largest absolute Gasteiger partial charge is 0.468 e. The normalized spacial score (nSPS) is 11.7. The van der Waals surface area contributed by atoms with Crippen molar-refractivity contribution >= 4 is 15.7 Å². The van der Waals surface area contributed by atoms with Crippen LogP contribution in [0.15, 0.2) is 39.8 Å². The van der Waals surface area contributed by atoms with Crippen molar-refractivity contribution in [1.82, 2.24) is 4.72 Å². The summed E-state index contributed by atoms with van der Waals surface area (Å²) in [6, 6.07) is 6.65. The van der Waals surface area contributed by atoms with E-state index in [0.29, 0.717) is 5.76 Å². The van der Waals surface area contributed by atoms with Crippen molar-refractivity contribution in [3.05, 3.63) is 47.4 Å². The first kappa shape index (κ1) is 13.6. The van der Waals surface area contributed by atoms with Crippen molar-refractivity contribution in [2.45, 2.75) is 25.3 Å². The minimum Gasteiger partial charge on any atom is -0.468 e. The van der Waals surface area contributed by atoms with Gasteiger partial charge in [0.15, 0.2) is 0 Å². The van der Waals surface area contributed by atoms with Gasteiger partial charge >= 0.3 is 0 Å². The maximum Gasteiger partial charge on any atom is 0.243 e. The standard InChI is InChI=1S/C13H16N2O3S/c1-9-6-12(14)13(7-10(9)2)19(16,17)15-8-11-4-3-5-18-11/h3-7,15H,8,14H2,1-2H3. The quantitative estimate of drug-likeness (QED) is 0.838. The zero-order chi connectivity index (χ0) is 14.0. The van der Waals surface area contributed by atoms with Crippen LogP contribution < -0.4 is 10.5 Å². The lowest BCUT2D eigenvalue weighted by molar-refractivity contribution is 0.498. The van der Waals surface area contributed by atoms with E-state index < -0.39 is 10.0 Å². The summed E-state index contributed by atoms with van der Waals surface area (Å²) >= 11 is 0. The topological polar surface area (TPSA) is 85.3 Å². The smallest absolute Gasteiger partial charge is 0.243 e. The molecule has 2 aromatic rings. The summed E-state index contributed by atoms with van der Waals surface area (Å²) < 4.78 is 31.9. The van der Waals surface area contributed by atoms with Crippen LogP contribution in [0, 0.1) is 13.8 Å². The highest BCUT2D eigenvalue weighted by atomic mass is 32.2. The highest BCUT2D eigenvalue weighted by Gasteiger charge is 2.18. The number of aryl methyl sites for hydroxylation is 2. The van der Waals surface area contributed by atoms with E-state index >= 15 is 0 Å². The van der Waals surface area contributed by atoms with E-state index in [1.165, 1.54) is 6.26 Å². The Hall–Kier alpha value is -1.79. The molecule has 0 aliphatic carbocycles. The first-order valence-electron chi connectivity index (χ1n) is 5.79. The van der Waals surface area contributed by atoms with Crippen molar-refractivity contribution in [3.63, 3.8) is 0 Å². The molecule has 3 N–H and O–H groups in total. The highest BCUT2D eigenvalue weighted by molar-refractivity contribution is 7.89. The molecule has 0 aliphatic heterocycles. The Morgan fingerprint density at radius 1 is 1.26 bits per heavy atom. The molecule has 6 heteroatoms. The number of nitrogens with one attached hydrogen (secondary N) is 1. The highest BCUT2D eigenvalue weighted by Crippen LogP contribution is 2.22. The molecule has 1 aromatic heterocycles. The summed E-state index contributed by atoms with van der Waals surface area (Å²) in [5.74, 6) is 0.547. The second-order valence-electron chi connectivity index (χ2n) is 4.38. The molecular formula is C13H16N2O3S. The fraction of sp³-hybridized carbons (Fsp3) is 0.231. The Balaban J connectivity index is 2.27.